The number of aliphatic hydroxyl groups is 1. The van der Waals surface area contributed by atoms with Crippen molar-refractivity contribution in [2.45, 2.75) is 26.3 Å². The molecule has 1 rings (SSSR count). The first-order valence-electron chi connectivity index (χ1n) is 5.05. The molecule has 0 saturated heterocycles. The number of nitrogens with one attached hydrogen (secondary N) is 1. The molecule has 0 aliphatic carbocycles. The van der Waals surface area contributed by atoms with Crippen LogP contribution in [0.3, 0.4) is 0 Å². The molecule has 0 fully saturated rings. The minimum Gasteiger partial charge on any atom is -0.394 e. The van der Waals surface area contributed by atoms with E-state index in [1.54, 1.807) is 0 Å². The van der Waals surface area contributed by atoms with Crippen LogP contribution < -0.4 is 5.32 Å². The SMILES string of the molecule is CCNC(C)(CO)c1cccc(C)c1. The molecule has 0 aliphatic heterocycles. The van der Waals surface area contributed by atoms with Gasteiger partial charge in [0, 0.05) is 0 Å². The van der Waals surface area contributed by atoms with Gasteiger partial charge in [-0.15, -0.1) is 0 Å². The molecule has 0 spiro atoms. The number of rotatable bonds is 4. The van der Waals surface area contributed by atoms with E-state index < -0.39 is 0 Å². The van der Waals surface area contributed by atoms with E-state index in [-0.39, 0.29) is 12.1 Å². The van der Waals surface area contributed by atoms with E-state index in [1.807, 2.05) is 26.0 Å². The molecule has 2 N–H and O–H groups in total. The summed E-state index contributed by atoms with van der Waals surface area (Å²) in [6, 6.07) is 8.24. The summed E-state index contributed by atoms with van der Waals surface area (Å²) in [5.74, 6) is 0. The zero-order valence-corrected chi connectivity index (χ0v) is 9.17. The Kier molecular flexibility index (Phi) is 3.67. The Morgan fingerprint density at radius 1 is 1.43 bits per heavy atom. The van der Waals surface area contributed by atoms with Gasteiger partial charge in [0.1, 0.15) is 0 Å². The van der Waals surface area contributed by atoms with Crippen LogP contribution in [0.2, 0.25) is 0 Å². The Morgan fingerprint density at radius 2 is 2.14 bits per heavy atom. The van der Waals surface area contributed by atoms with E-state index in [4.69, 9.17) is 0 Å². The lowest BCUT2D eigenvalue weighted by Crippen LogP contribution is -2.42. The number of hydrogen-bond donors (Lipinski definition) is 2. The Bertz CT molecular complexity index is 298. The van der Waals surface area contributed by atoms with Crippen LogP contribution in [0.4, 0.5) is 0 Å². The van der Waals surface area contributed by atoms with Crippen LogP contribution in [0.1, 0.15) is 25.0 Å². The highest BCUT2D eigenvalue weighted by Crippen LogP contribution is 2.20. The van der Waals surface area contributed by atoms with Crippen LogP contribution >= 0.6 is 0 Å². The highest BCUT2D eigenvalue weighted by Gasteiger charge is 2.23. The number of aryl methyl sites for hydroxylation is 1. The van der Waals surface area contributed by atoms with Crippen molar-refractivity contribution in [2.24, 2.45) is 0 Å². The second-order valence-electron chi connectivity index (χ2n) is 3.89. The van der Waals surface area contributed by atoms with E-state index in [0.29, 0.717) is 0 Å². The second-order valence-corrected chi connectivity index (χ2v) is 3.89. The van der Waals surface area contributed by atoms with Crippen molar-refractivity contribution in [1.82, 2.24) is 5.32 Å². The molecule has 0 aromatic heterocycles. The summed E-state index contributed by atoms with van der Waals surface area (Å²) in [5, 5.41) is 12.7. The van der Waals surface area contributed by atoms with Gasteiger partial charge in [-0.25, -0.2) is 0 Å². The molecule has 1 aromatic carbocycles. The highest BCUT2D eigenvalue weighted by atomic mass is 16.3. The van der Waals surface area contributed by atoms with E-state index in [1.165, 1.54) is 5.56 Å². The van der Waals surface area contributed by atoms with Crippen LogP contribution in [0, 0.1) is 6.92 Å². The van der Waals surface area contributed by atoms with Crippen molar-refractivity contribution >= 4 is 0 Å². The van der Waals surface area contributed by atoms with Crippen molar-refractivity contribution in [3.8, 4) is 0 Å². The molecule has 0 amide bonds. The third-order valence-corrected chi connectivity index (χ3v) is 2.54. The summed E-state index contributed by atoms with van der Waals surface area (Å²) in [5.41, 5.74) is 2.04. The zero-order chi connectivity index (χ0) is 10.6. The summed E-state index contributed by atoms with van der Waals surface area (Å²) in [6.07, 6.45) is 0. The number of aliphatic hydroxyl groups excluding tert-OH is 1. The minimum absolute atomic E-state index is 0.115. The summed E-state index contributed by atoms with van der Waals surface area (Å²) in [6.45, 7) is 7.09. The Balaban J connectivity index is 2.99. The quantitative estimate of drug-likeness (QED) is 0.764. The minimum atomic E-state index is -0.319. The van der Waals surface area contributed by atoms with Crippen molar-refractivity contribution in [3.05, 3.63) is 35.4 Å². The topological polar surface area (TPSA) is 32.3 Å². The van der Waals surface area contributed by atoms with Crippen molar-refractivity contribution < 1.29 is 5.11 Å². The van der Waals surface area contributed by atoms with Gasteiger partial charge in [0.05, 0.1) is 12.1 Å². The van der Waals surface area contributed by atoms with Gasteiger partial charge in [-0.3, -0.25) is 0 Å². The van der Waals surface area contributed by atoms with E-state index in [0.717, 1.165) is 12.1 Å². The maximum absolute atomic E-state index is 9.40. The lowest BCUT2D eigenvalue weighted by molar-refractivity contribution is 0.177. The van der Waals surface area contributed by atoms with E-state index in [9.17, 15) is 5.11 Å². The molecule has 0 bridgehead atoms. The summed E-state index contributed by atoms with van der Waals surface area (Å²) in [7, 11) is 0. The van der Waals surface area contributed by atoms with Gasteiger partial charge in [-0.2, -0.15) is 0 Å². The van der Waals surface area contributed by atoms with Gasteiger partial charge >= 0.3 is 0 Å². The molecule has 0 heterocycles. The third-order valence-electron chi connectivity index (χ3n) is 2.54. The molecule has 2 heteroatoms. The van der Waals surface area contributed by atoms with Crippen molar-refractivity contribution in [3.63, 3.8) is 0 Å². The van der Waals surface area contributed by atoms with Crippen LogP contribution in [-0.4, -0.2) is 18.3 Å². The van der Waals surface area contributed by atoms with Gasteiger partial charge in [0.25, 0.3) is 0 Å². The Hall–Kier alpha value is -0.860. The van der Waals surface area contributed by atoms with Gasteiger partial charge < -0.3 is 10.4 Å². The van der Waals surface area contributed by atoms with Crippen LogP contribution in [-0.2, 0) is 5.54 Å². The first kappa shape index (κ1) is 11.2. The largest absolute Gasteiger partial charge is 0.394 e. The second kappa shape index (κ2) is 4.58. The van der Waals surface area contributed by atoms with E-state index >= 15 is 0 Å². The van der Waals surface area contributed by atoms with Gasteiger partial charge in [0.15, 0.2) is 0 Å². The van der Waals surface area contributed by atoms with Crippen LogP contribution in [0.15, 0.2) is 24.3 Å². The lowest BCUT2D eigenvalue weighted by Gasteiger charge is -2.29. The van der Waals surface area contributed by atoms with Gasteiger partial charge in [-0.05, 0) is 26.0 Å². The third kappa shape index (κ3) is 2.34. The summed E-state index contributed by atoms with van der Waals surface area (Å²) in [4.78, 5) is 0. The molecule has 1 unspecified atom stereocenters. The van der Waals surface area contributed by atoms with Crippen molar-refractivity contribution in [2.75, 3.05) is 13.2 Å². The maximum Gasteiger partial charge on any atom is 0.0652 e. The predicted octanol–water partition coefficient (Wildman–Crippen LogP) is 1.81. The monoisotopic (exact) mass is 193 g/mol. The molecule has 0 aliphatic rings. The molecule has 0 saturated carbocycles. The molecule has 2 nitrogen and oxygen atoms in total. The van der Waals surface area contributed by atoms with Gasteiger partial charge in [0.2, 0.25) is 0 Å². The molecule has 14 heavy (non-hydrogen) atoms. The van der Waals surface area contributed by atoms with Gasteiger partial charge in [-0.1, -0.05) is 36.8 Å². The highest BCUT2D eigenvalue weighted by molar-refractivity contribution is 5.28. The Morgan fingerprint density at radius 3 is 2.64 bits per heavy atom. The van der Waals surface area contributed by atoms with Crippen LogP contribution in [0.5, 0.6) is 0 Å². The molecule has 78 valence electrons. The zero-order valence-electron chi connectivity index (χ0n) is 9.17. The predicted molar refractivity (Wildman–Crippen MR) is 59.3 cm³/mol. The lowest BCUT2D eigenvalue weighted by atomic mass is 9.92. The average molecular weight is 193 g/mol. The molecular weight excluding hydrogens is 174 g/mol. The standard InChI is InChI=1S/C12H19NO/c1-4-13-12(3,9-14)11-7-5-6-10(2)8-11/h5-8,13-14H,4,9H2,1-3H3. The normalized spacial score (nSPS) is 15.1. The average Bonchev–Trinajstić information content (AvgIpc) is 2.18. The number of hydrogen-bond acceptors (Lipinski definition) is 2. The summed E-state index contributed by atoms with van der Waals surface area (Å²) >= 11 is 0. The first-order chi connectivity index (χ1) is 6.62. The van der Waals surface area contributed by atoms with E-state index in [2.05, 4.69) is 24.4 Å². The van der Waals surface area contributed by atoms with Crippen LogP contribution in [0.25, 0.3) is 0 Å². The fourth-order valence-electron chi connectivity index (χ4n) is 1.63. The fraction of sp³-hybridized carbons (Fsp3) is 0.500. The fourth-order valence-corrected chi connectivity index (χ4v) is 1.63. The number of likely N-dealkylation sites (N-methyl/N-ethyl adjacent to an activating group) is 1. The molecule has 0 radical (unpaired) electrons. The number of benzene rings is 1. The smallest absolute Gasteiger partial charge is 0.0652 e. The van der Waals surface area contributed by atoms with Crippen molar-refractivity contribution in [1.29, 1.82) is 0 Å². The molecule has 1 atom stereocenters. The maximum atomic E-state index is 9.40. The molecule has 1 aromatic rings. The molecular formula is C12H19NO. The first-order valence-corrected chi connectivity index (χ1v) is 5.05. The Labute approximate surface area is 86.0 Å². The summed E-state index contributed by atoms with van der Waals surface area (Å²) < 4.78 is 0.